The van der Waals surface area contributed by atoms with Crippen molar-refractivity contribution >= 4 is 66.9 Å². The number of thiophene rings is 1. The fourth-order valence-electron chi connectivity index (χ4n) is 3.81. The van der Waals surface area contributed by atoms with E-state index in [0.29, 0.717) is 24.4 Å². The normalized spacial score (nSPS) is 18.7. The molecule has 2 aromatic rings. The molecule has 178 valence electrons. The van der Waals surface area contributed by atoms with Gasteiger partial charge >= 0.3 is 6.09 Å². The average Bonchev–Trinajstić information content (AvgIpc) is 3.30. The van der Waals surface area contributed by atoms with Gasteiger partial charge in [-0.1, -0.05) is 6.07 Å². The summed E-state index contributed by atoms with van der Waals surface area (Å²) in [7, 11) is 0. The second-order valence-electron chi connectivity index (χ2n) is 8.02. The molecule has 3 heterocycles. The number of nitrogens with two attached hydrogens (primary N) is 1. The summed E-state index contributed by atoms with van der Waals surface area (Å²) in [5.41, 5.74) is 7.18. The van der Waals surface area contributed by atoms with Crippen LogP contribution >= 0.6 is 43.2 Å². The van der Waals surface area contributed by atoms with E-state index in [1.165, 1.54) is 0 Å². The van der Waals surface area contributed by atoms with E-state index in [1.54, 1.807) is 37.3 Å². The number of amides is 3. The number of carbonyl (C=O) groups is 3. The van der Waals surface area contributed by atoms with Crippen LogP contribution < -0.4 is 16.4 Å². The molecule has 0 bridgehead atoms. The molecule has 3 amide bonds. The highest BCUT2D eigenvalue weighted by Crippen LogP contribution is 2.35. The van der Waals surface area contributed by atoms with Crippen molar-refractivity contribution in [1.82, 2.24) is 20.5 Å². The van der Waals surface area contributed by atoms with E-state index in [-0.39, 0.29) is 24.9 Å². The van der Waals surface area contributed by atoms with Crippen molar-refractivity contribution in [3.05, 3.63) is 42.6 Å². The Kier molecular flexibility index (Phi) is 8.35. The lowest BCUT2D eigenvalue weighted by molar-refractivity contribution is -0.130. The highest BCUT2D eigenvalue weighted by atomic mass is 79.9. The second-order valence-corrected chi connectivity index (χ2v) is 11.3. The number of carboxylic acid groups (broad SMARTS) is 1. The molecule has 0 radical (unpaired) electrons. The fraction of sp³-hybridized carbons (Fsp3) is 0.429. The van der Waals surface area contributed by atoms with Crippen LogP contribution in [0, 0.1) is 12.8 Å². The number of anilines is 1. The summed E-state index contributed by atoms with van der Waals surface area (Å²) in [6.45, 7) is 3.88. The smallest absolute Gasteiger partial charge is 0.407 e. The van der Waals surface area contributed by atoms with Crippen LogP contribution in [-0.4, -0.2) is 51.5 Å². The summed E-state index contributed by atoms with van der Waals surface area (Å²) in [5, 5.41) is 15.0. The minimum Gasteiger partial charge on any atom is -0.465 e. The fourth-order valence-corrected chi connectivity index (χ4v) is 6.11. The standard InChI is InChI=1S/C21H25Br2N5O4S/c1-10-13(3-4-17(24)26-10)8-25-19(29)11(2)27-20(30)16-6-12(9-28(16)21(31)32)5-14-7-15(22)18(23)33-14/h3-4,7,11-12,16H,5-6,8-9H2,1-2H3,(H2,24,26)(H,25,29)(H,27,30)(H,31,32)/t11-,12-,16+/m0/s1. The molecule has 1 aliphatic heterocycles. The minimum absolute atomic E-state index is 0.0134. The van der Waals surface area contributed by atoms with Gasteiger partial charge in [0.25, 0.3) is 0 Å². The predicted molar refractivity (Wildman–Crippen MR) is 133 cm³/mol. The molecule has 0 unspecified atom stereocenters. The average molecular weight is 603 g/mol. The van der Waals surface area contributed by atoms with Gasteiger partial charge in [-0.25, -0.2) is 9.78 Å². The molecule has 2 aromatic heterocycles. The Labute approximate surface area is 212 Å². The van der Waals surface area contributed by atoms with Crippen LogP contribution in [-0.2, 0) is 22.6 Å². The first-order valence-electron chi connectivity index (χ1n) is 10.3. The first-order valence-corrected chi connectivity index (χ1v) is 12.7. The third-order valence-corrected chi connectivity index (χ3v) is 8.82. The predicted octanol–water partition coefficient (Wildman–Crippen LogP) is 3.29. The minimum atomic E-state index is -1.14. The van der Waals surface area contributed by atoms with Crippen molar-refractivity contribution in [1.29, 1.82) is 0 Å². The molecule has 9 nitrogen and oxygen atoms in total. The van der Waals surface area contributed by atoms with E-state index < -0.39 is 24.1 Å². The highest BCUT2D eigenvalue weighted by Gasteiger charge is 2.40. The summed E-state index contributed by atoms with van der Waals surface area (Å²) in [4.78, 5) is 43.5. The highest BCUT2D eigenvalue weighted by molar-refractivity contribution is 9.13. The molecule has 5 N–H and O–H groups in total. The number of rotatable bonds is 7. The molecule has 12 heteroatoms. The van der Waals surface area contributed by atoms with E-state index in [0.717, 1.165) is 23.6 Å². The molecule has 1 aliphatic rings. The first-order chi connectivity index (χ1) is 15.5. The van der Waals surface area contributed by atoms with E-state index in [4.69, 9.17) is 5.73 Å². The van der Waals surface area contributed by atoms with Crippen LogP contribution in [0.1, 0.15) is 29.5 Å². The zero-order chi connectivity index (χ0) is 24.3. The first kappa shape index (κ1) is 25.4. The van der Waals surface area contributed by atoms with Crippen LogP contribution in [0.4, 0.5) is 10.6 Å². The number of nitrogens with zero attached hydrogens (tertiary/aromatic N) is 2. The number of aromatic nitrogens is 1. The van der Waals surface area contributed by atoms with Gasteiger partial charge < -0.3 is 21.5 Å². The van der Waals surface area contributed by atoms with Gasteiger partial charge in [-0.15, -0.1) is 11.3 Å². The van der Waals surface area contributed by atoms with Crippen molar-refractivity contribution in [2.45, 2.75) is 45.3 Å². The molecule has 3 rings (SSSR count). The van der Waals surface area contributed by atoms with Gasteiger partial charge in [0.2, 0.25) is 11.8 Å². The number of pyridine rings is 1. The monoisotopic (exact) mass is 601 g/mol. The number of hydrogen-bond acceptors (Lipinski definition) is 6. The van der Waals surface area contributed by atoms with Crippen molar-refractivity contribution in [3.8, 4) is 0 Å². The number of carbonyl (C=O) groups excluding carboxylic acids is 2. The number of nitrogen functional groups attached to an aromatic ring is 1. The SMILES string of the molecule is Cc1nc(N)ccc1CNC(=O)[C@H](C)NC(=O)[C@H]1C[C@H](Cc2cc(Br)c(Br)s2)CN1C(=O)O. The van der Waals surface area contributed by atoms with Crippen molar-refractivity contribution < 1.29 is 19.5 Å². The maximum atomic E-state index is 12.9. The van der Waals surface area contributed by atoms with E-state index in [2.05, 4.69) is 47.5 Å². The van der Waals surface area contributed by atoms with Gasteiger partial charge in [-0.2, -0.15) is 0 Å². The molecule has 3 atom stereocenters. The molecular weight excluding hydrogens is 578 g/mol. The Morgan fingerprint density at radius 3 is 2.70 bits per heavy atom. The maximum absolute atomic E-state index is 12.9. The lowest BCUT2D eigenvalue weighted by Crippen LogP contribution is -2.51. The van der Waals surface area contributed by atoms with E-state index in [9.17, 15) is 19.5 Å². The molecule has 0 aliphatic carbocycles. The molecule has 1 saturated heterocycles. The zero-order valence-corrected chi connectivity index (χ0v) is 22.1. The number of likely N-dealkylation sites (tertiary alicyclic amines) is 1. The van der Waals surface area contributed by atoms with Gasteiger partial charge in [0, 0.05) is 28.1 Å². The molecule has 0 saturated carbocycles. The second kappa shape index (κ2) is 10.8. The number of aryl methyl sites for hydroxylation is 1. The molecule has 0 spiro atoms. The van der Waals surface area contributed by atoms with Crippen LogP contribution in [0.25, 0.3) is 0 Å². The van der Waals surface area contributed by atoms with E-state index in [1.807, 2.05) is 6.07 Å². The van der Waals surface area contributed by atoms with Gasteiger partial charge in [-0.3, -0.25) is 14.5 Å². The number of halogens is 2. The summed E-state index contributed by atoms with van der Waals surface area (Å²) in [6.07, 6.45) is -0.0711. The van der Waals surface area contributed by atoms with Crippen molar-refractivity contribution in [2.75, 3.05) is 12.3 Å². The third-order valence-electron chi connectivity index (χ3n) is 5.54. The summed E-state index contributed by atoms with van der Waals surface area (Å²) < 4.78 is 1.93. The van der Waals surface area contributed by atoms with Crippen LogP contribution in [0.2, 0.25) is 0 Å². The van der Waals surface area contributed by atoms with Gasteiger partial charge in [0.1, 0.15) is 17.9 Å². The van der Waals surface area contributed by atoms with Crippen LogP contribution in [0.5, 0.6) is 0 Å². The lowest BCUT2D eigenvalue weighted by atomic mass is 10.0. The molecule has 1 fully saturated rings. The molecular formula is C21H25Br2N5O4S. The molecule has 33 heavy (non-hydrogen) atoms. The van der Waals surface area contributed by atoms with Gasteiger partial charge in [0.15, 0.2) is 0 Å². The van der Waals surface area contributed by atoms with E-state index >= 15 is 0 Å². The summed E-state index contributed by atoms with van der Waals surface area (Å²) >= 11 is 8.51. The Morgan fingerprint density at radius 2 is 2.09 bits per heavy atom. The Hall–Kier alpha value is -2.18. The van der Waals surface area contributed by atoms with Crippen molar-refractivity contribution in [3.63, 3.8) is 0 Å². The third kappa shape index (κ3) is 6.45. The Bertz CT molecular complexity index is 1040. The Morgan fingerprint density at radius 1 is 1.36 bits per heavy atom. The quantitative estimate of drug-likeness (QED) is 0.384. The summed E-state index contributed by atoms with van der Waals surface area (Å²) in [6, 6.07) is 3.79. The zero-order valence-electron chi connectivity index (χ0n) is 18.1. The largest absolute Gasteiger partial charge is 0.465 e. The number of nitrogens with one attached hydrogen (secondary N) is 2. The van der Waals surface area contributed by atoms with Gasteiger partial charge in [0.05, 0.1) is 3.79 Å². The Balaban J connectivity index is 1.57. The maximum Gasteiger partial charge on any atom is 0.407 e. The topological polar surface area (TPSA) is 138 Å². The number of hydrogen-bond donors (Lipinski definition) is 4. The lowest BCUT2D eigenvalue weighted by Gasteiger charge is -2.22. The van der Waals surface area contributed by atoms with Gasteiger partial charge in [-0.05, 0) is 82.2 Å². The van der Waals surface area contributed by atoms with Crippen LogP contribution in [0.3, 0.4) is 0 Å². The van der Waals surface area contributed by atoms with Crippen LogP contribution in [0.15, 0.2) is 26.5 Å². The van der Waals surface area contributed by atoms with Crippen molar-refractivity contribution in [2.24, 2.45) is 5.92 Å². The summed E-state index contributed by atoms with van der Waals surface area (Å²) in [5.74, 6) is -0.425. The molecule has 0 aromatic carbocycles.